The molecule has 2 aliphatic rings. The fourth-order valence-corrected chi connectivity index (χ4v) is 5.86. The van der Waals surface area contributed by atoms with Crippen LogP contribution in [0.15, 0.2) is 77.4 Å². The van der Waals surface area contributed by atoms with Gasteiger partial charge < -0.3 is 15.1 Å². The molecular weight excluding hydrogens is 514 g/mol. The normalized spacial score (nSPS) is 15.8. The lowest BCUT2D eigenvalue weighted by molar-refractivity contribution is 0.257. The van der Waals surface area contributed by atoms with E-state index in [0.717, 1.165) is 76.2 Å². The molecule has 0 bridgehead atoms. The molecule has 3 heterocycles. The van der Waals surface area contributed by atoms with Crippen molar-refractivity contribution in [3.05, 3.63) is 83.0 Å². The highest BCUT2D eigenvalue weighted by molar-refractivity contribution is 9.10. The predicted octanol–water partition coefficient (Wildman–Crippen LogP) is 6.01. The fourth-order valence-electron chi connectivity index (χ4n) is 5.22. The number of nitrogens with zero attached hydrogens (tertiary/aromatic N) is 4. The lowest BCUT2D eigenvalue weighted by Crippen LogP contribution is -2.44. The van der Waals surface area contributed by atoms with E-state index >= 15 is 0 Å². The number of pyridine rings is 1. The Morgan fingerprint density at radius 2 is 1.72 bits per heavy atom. The smallest absolute Gasteiger partial charge is 0.326 e. The Labute approximate surface area is 219 Å². The van der Waals surface area contributed by atoms with Crippen LogP contribution in [-0.4, -0.2) is 55.7 Å². The molecule has 3 aromatic carbocycles. The number of hydrogen-bond donors (Lipinski definition) is 1. The molecular formula is C29H28BrN5O. The van der Waals surface area contributed by atoms with Crippen LogP contribution in [-0.2, 0) is 6.42 Å². The number of fused-ring (bicyclic) bond motifs is 2. The van der Waals surface area contributed by atoms with Gasteiger partial charge in [-0.3, -0.25) is 9.88 Å². The zero-order valence-electron chi connectivity index (χ0n) is 20.2. The maximum Gasteiger partial charge on any atom is 0.326 e. The van der Waals surface area contributed by atoms with E-state index < -0.39 is 0 Å². The molecule has 0 aliphatic carbocycles. The first-order chi connectivity index (χ1) is 17.6. The molecule has 0 atom stereocenters. The molecule has 4 aromatic rings. The minimum Gasteiger partial charge on any atom is -0.368 e. The zero-order valence-corrected chi connectivity index (χ0v) is 21.8. The maximum atomic E-state index is 13.6. The molecule has 6 rings (SSSR count). The number of amides is 2. The Kier molecular flexibility index (Phi) is 6.11. The van der Waals surface area contributed by atoms with Gasteiger partial charge in [-0.2, -0.15) is 0 Å². The van der Waals surface area contributed by atoms with Gasteiger partial charge in [0.2, 0.25) is 0 Å². The number of piperazine rings is 1. The largest absolute Gasteiger partial charge is 0.368 e. The van der Waals surface area contributed by atoms with E-state index in [4.69, 9.17) is 0 Å². The van der Waals surface area contributed by atoms with Gasteiger partial charge >= 0.3 is 6.03 Å². The van der Waals surface area contributed by atoms with Gasteiger partial charge in [-0.25, -0.2) is 4.79 Å². The number of nitrogens with one attached hydrogen (secondary N) is 1. The van der Waals surface area contributed by atoms with Gasteiger partial charge in [0.05, 0.1) is 22.6 Å². The summed E-state index contributed by atoms with van der Waals surface area (Å²) in [5, 5.41) is 4.11. The van der Waals surface area contributed by atoms with Gasteiger partial charge in [0.15, 0.2) is 0 Å². The van der Waals surface area contributed by atoms with E-state index in [1.54, 1.807) is 6.20 Å². The second kappa shape index (κ2) is 9.56. The molecule has 7 heteroatoms. The molecule has 0 saturated carbocycles. The minimum absolute atomic E-state index is 0.113. The van der Waals surface area contributed by atoms with Crippen molar-refractivity contribution in [1.29, 1.82) is 0 Å². The summed E-state index contributed by atoms with van der Waals surface area (Å²) < 4.78 is 1.10. The lowest BCUT2D eigenvalue weighted by atomic mass is 10.0. The van der Waals surface area contributed by atoms with Crippen LogP contribution in [0.4, 0.5) is 21.9 Å². The third-order valence-electron chi connectivity index (χ3n) is 7.23. The van der Waals surface area contributed by atoms with Crippen LogP contribution < -0.4 is 15.1 Å². The number of anilines is 3. The summed E-state index contributed by atoms with van der Waals surface area (Å²) in [5.41, 5.74) is 7.15. The lowest BCUT2D eigenvalue weighted by Gasteiger charge is -2.35. The molecule has 36 heavy (non-hydrogen) atoms. The van der Waals surface area contributed by atoms with Gasteiger partial charge in [0, 0.05) is 54.3 Å². The van der Waals surface area contributed by atoms with E-state index in [2.05, 4.69) is 73.4 Å². The Morgan fingerprint density at radius 1 is 0.917 bits per heavy atom. The highest BCUT2D eigenvalue weighted by Gasteiger charge is 2.28. The van der Waals surface area contributed by atoms with E-state index in [9.17, 15) is 4.79 Å². The van der Waals surface area contributed by atoms with Crippen molar-refractivity contribution in [3.63, 3.8) is 0 Å². The highest BCUT2D eigenvalue weighted by Crippen LogP contribution is 2.39. The summed E-state index contributed by atoms with van der Waals surface area (Å²) >= 11 is 3.78. The van der Waals surface area contributed by atoms with Gasteiger partial charge in [-0.1, -0.05) is 48.5 Å². The van der Waals surface area contributed by atoms with Crippen LogP contribution in [0.25, 0.3) is 22.0 Å². The molecule has 0 spiro atoms. The Morgan fingerprint density at radius 3 is 2.53 bits per heavy atom. The van der Waals surface area contributed by atoms with Crippen LogP contribution in [0.3, 0.4) is 0 Å². The van der Waals surface area contributed by atoms with Crippen LogP contribution in [0.2, 0.25) is 0 Å². The predicted molar refractivity (Wildman–Crippen MR) is 151 cm³/mol. The number of aromatic nitrogens is 1. The second-order valence-electron chi connectivity index (χ2n) is 9.48. The first-order valence-corrected chi connectivity index (χ1v) is 13.2. The third-order valence-corrected chi connectivity index (χ3v) is 7.87. The number of hydrogen-bond acceptors (Lipinski definition) is 4. The molecule has 0 radical (unpaired) electrons. The molecule has 182 valence electrons. The summed E-state index contributed by atoms with van der Waals surface area (Å²) in [6.45, 7) is 4.69. The average molecular weight is 542 g/mol. The van der Waals surface area contributed by atoms with Gasteiger partial charge in [0.1, 0.15) is 0 Å². The molecule has 1 N–H and O–H groups in total. The van der Waals surface area contributed by atoms with Gasteiger partial charge in [-0.05, 0) is 58.7 Å². The Balaban J connectivity index is 1.30. The third kappa shape index (κ3) is 4.22. The van der Waals surface area contributed by atoms with E-state index in [0.29, 0.717) is 6.54 Å². The number of urea groups is 1. The number of rotatable bonds is 3. The summed E-state index contributed by atoms with van der Waals surface area (Å²) in [6, 6.07) is 22.5. The molecule has 1 saturated heterocycles. The van der Waals surface area contributed by atoms with Crippen LogP contribution in [0.1, 0.15) is 5.56 Å². The summed E-state index contributed by atoms with van der Waals surface area (Å²) in [5.74, 6) is 0. The second-order valence-corrected chi connectivity index (χ2v) is 10.3. The highest BCUT2D eigenvalue weighted by atomic mass is 79.9. The first kappa shape index (κ1) is 23.0. The minimum atomic E-state index is -0.113. The number of carbonyl (C=O) groups excluding carboxylic acids is 1. The van der Waals surface area contributed by atoms with Crippen molar-refractivity contribution in [1.82, 2.24) is 9.88 Å². The quantitative estimate of drug-likeness (QED) is 0.345. The number of likely N-dealkylation sites (N-methyl/N-ethyl adjacent to an activating group) is 1. The molecule has 2 amide bonds. The number of halogens is 1. The van der Waals surface area contributed by atoms with Crippen LogP contribution >= 0.6 is 15.9 Å². The molecule has 1 fully saturated rings. The molecule has 2 aliphatic heterocycles. The monoisotopic (exact) mass is 541 g/mol. The average Bonchev–Trinajstić information content (AvgIpc) is 3.32. The van der Waals surface area contributed by atoms with Crippen LogP contribution in [0.5, 0.6) is 0 Å². The molecule has 1 aromatic heterocycles. The first-order valence-electron chi connectivity index (χ1n) is 12.4. The van der Waals surface area contributed by atoms with E-state index in [1.807, 2.05) is 41.3 Å². The SMILES string of the molecule is CN1CCN(c2cc3c(cc2Br)CCN3C(=O)Nc2ccnc3c(-c4ccccc4)cccc23)CC1. The maximum absolute atomic E-state index is 13.6. The Bertz CT molecular complexity index is 1430. The molecule has 0 unspecified atom stereocenters. The summed E-state index contributed by atoms with van der Waals surface area (Å²) in [7, 11) is 2.16. The topological polar surface area (TPSA) is 51.7 Å². The van der Waals surface area contributed by atoms with Gasteiger partial charge in [0.25, 0.3) is 0 Å². The van der Waals surface area contributed by atoms with Crippen molar-refractivity contribution in [2.75, 3.05) is 54.9 Å². The van der Waals surface area contributed by atoms with Gasteiger partial charge in [-0.15, -0.1) is 0 Å². The molecule has 6 nitrogen and oxygen atoms in total. The standard InChI is InChI=1S/C29H28BrN5O/c1-33-14-16-34(17-15-33)27-19-26-21(18-24(27)30)11-13-35(26)29(36)32-25-10-12-31-28-22(8-5-9-23(25)28)20-6-3-2-4-7-20/h2-10,12,18-19H,11,13-17H2,1H3,(H,31,32,36). The van der Waals surface area contributed by atoms with Crippen molar-refractivity contribution >= 4 is 49.9 Å². The number of para-hydroxylation sites is 1. The van der Waals surface area contributed by atoms with Crippen molar-refractivity contribution in [2.24, 2.45) is 0 Å². The van der Waals surface area contributed by atoms with E-state index in [-0.39, 0.29) is 6.03 Å². The van der Waals surface area contributed by atoms with Crippen molar-refractivity contribution < 1.29 is 4.79 Å². The summed E-state index contributed by atoms with van der Waals surface area (Å²) in [6.07, 6.45) is 2.62. The Hall–Kier alpha value is -3.42. The summed E-state index contributed by atoms with van der Waals surface area (Å²) in [4.78, 5) is 24.8. The van der Waals surface area contributed by atoms with E-state index in [1.165, 1.54) is 5.56 Å². The number of carbonyl (C=O) groups is 1. The fraction of sp³-hybridized carbons (Fsp3) is 0.241. The van der Waals surface area contributed by atoms with Crippen molar-refractivity contribution in [3.8, 4) is 11.1 Å². The van der Waals surface area contributed by atoms with Crippen molar-refractivity contribution in [2.45, 2.75) is 6.42 Å². The zero-order chi connectivity index (χ0) is 24.6. The number of benzene rings is 3. The van der Waals surface area contributed by atoms with Crippen LogP contribution in [0, 0.1) is 0 Å².